The zero-order valence-corrected chi connectivity index (χ0v) is 16.2. The van der Waals surface area contributed by atoms with E-state index in [1.165, 1.54) is 50.1 Å². The van der Waals surface area contributed by atoms with Crippen LogP contribution in [0.2, 0.25) is 0 Å². The minimum atomic E-state index is 1.29. The van der Waals surface area contributed by atoms with E-state index in [4.69, 9.17) is 0 Å². The van der Waals surface area contributed by atoms with E-state index in [1.54, 1.807) is 0 Å². The Kier molecular flexibility index (Phi) is 4.64. The van der Waals surface area contributed by atoms with Gasteiger partial charge in [0.2, 0.25) is 0 Å². The Morgan fingerprint density at radius 2 is 0.667 bits per heavy atom. The number of rotatable bonds is 3. The number of aryl methyl sites for hydroxylation is 3. The van der Waals surface area contributed by atoms with Crippen LogP contribution in [-0.2, 0) is 0 Å². The summed E-state index contributed by atoms with van der Waals surface area (Å²) in [5, 5.41) is 0. The van der Waals surface area contributed by atoms with Crippen LogP contribution in [0.1, 0.15) is 16.7 Å². The molecule has 0 N–H and O–H groups in total. The van der Waals surface area contributed by atoms with Gasteiger partial charge in [-0.15, -0.1) is 0 Å². The average Bonchev–Trinajstić information content (AvgIpc) is 2.69. The van der Waals surface area contributed by atoms with Crippen LogP contribution in [0, 0.1) is 20.8 Å². The van der Waals surface area contributed by atoms with Gasteiger partial charge in [0.05, 0.1) is 0 Å². The van der Waals surface area contributed by atoms with Crippen molar-refractivity contribution in [2.75, 3.05) is 0 Å². The maximum atomic E-state index is 2.26. The Morgan fingerprint density at radius 3 is 1.07 bits per heavy atom. The highest BCUT2D eigenvalue weighted by Gasteiger charge is 2.17. The fraction of sp³-hybridized carbons (Fsp3) is 0.111. The van der Waals surface area contributed by atoms with E-state index < -0.39 is 0 Å². The van der Waals surface area contributed by atoms with Crippen molar-refractivity contribution in [3.05, 3.63) is 108 Å². The quantitative estimate of drug-likeness (QED) is 0.357. The molecule has 0 aliphatic heterocycles. The van der Waals surface area contributed by atoms with Gasteiger partial charge in [0.25, 0.3) is 0 Å². The fourth-order valence-electron chi connectivity index (χ4n) is 3.89. The summed E-state index contributed by atoms with van der Waals surface area (Å²) in [7, 11) is 0. The number of hydrogen-bond donors (Lipinski definition) is 0. The maximum absolute atomic E-state index is 2.26. The molecule has 0 nitrogen and oxygen atoms in total. The summed E-state index contributed by atoms with van der Waals surface area (Å²) in [4.78, 5) is 0. The molecule has 0 aliphatic rings. The van der Waals surface area contributed by atoms with E-state index in [0.29, 0.717) is 0 Å². The van der Waals surface area contributed by atoms with Crippen molar-refractivity contribution in [1.29, 1.82) is 0 Å². The summed E-state index contributed by atoms with van der Waals surface area (Å²) in [6.07, 6.45) is 0. The molecule has 132 valence electrons. The molecule has 0 heteroatoms. The molecule has 0 fully saturated rings. The van der Waals surface area contributed by atoms with Crippen LogP contribution in [-0.4, -0.2) is 0 Å². The molecule has 0 aliphatic carbocycles. The molecule has 0 saturated carbocycles. The summed E-state index contributed by atoms with van der Waals surface area (Å²) < 4.78 is 0. The lowest BCUT2D eigenvalue weighted by molar-refractivity contribution is 1.42. The van der Waals surface area contributed by atoms with E-state index in [9.17, 15) is 0 Å². The summed E-state index contributed by atoms with van der Waals surface area (Å²) in [5.74, 6) is 0. The zero-order chi connectivity index (χ0) is 18.8. The molecule has 0 amide bonds. The fourth-order valence-corrected chi connectivity index (χ4v) is 3.89. The van der Waals surface area contributed by atoms with Crippen molar-refractivity contribution in [1.82, 2.24) is 0 Å². The van der Waals surface area contributed by atoms with Crippen molar-refractivity contribution in [2.24, 2.45) is 0 Å². The van der Waals surface area contributed by atoms with Crippen molar-refractivity contribution >= 4 is 0 Å². The molecule has 0 heterocycles. The van der Waals surface area contributed by atoms with Crippen LogP contribution in [0.4, 0.5) is 0 Å². The lowest BCUT2D eigenvalue weighted by atomic mass is 9.84. The monoisotopic (exact) mass is 348 g/mol. The van der Waals surface area contributed by atoms with Gasteiger partial charge in [-0.1, -0.05) is 91.0 Å². The summed E-state index contributed by atoms with van der Waals surface area (Å²) in [5.41, 5.74) is 11.7. The minimum absolute atomic E-state index is 1.29. The molecular weight excluding hydrogens is 324 g/mol. The number of hydrogen-bond acceptors (Lipinski definition) is 0. The maximum Gasteiger partial charge on any atom is -0.00240 e. The van der Waals surface area contributed by atoms with Crippen LogP contribution in [0.25, 0.3) is 33.4 Å². The van der Waals surface area contributed by atoms with Gasteiger partial charge in [0.1, 0.15) is 0 Å². The van der Waals surface area contributed by atoms with Crippen LogP contribution in [0.15, 0.2) is 91.0 Å². The van der Waals surface area contributed by atoms with Crippen LogP contribution >= 0.6 is 0 Å². The van der Waals surface area contributed by atoms with Crippen molar-refractivity contribution in [3.63, 3.8) is 0 Å². The van der Waals surface area contributed by atoms with Crippen LogP contribution < -0.4 is 0 Å². The van der Waals surface area contributed by atoms with E-state index in [2.05, 4.69) is 112 Å². The van der Waals surface area contributed by atoms with Gasteiger partial charge in [-0.25, -0.2) is 0 Å². The molecule has 0 spiro atoms. The third-order valence-electron chi connectivity index (χ3n) is 5.35. The summed E-state index contributed by atoms with van der Waals surface area (Å²) in [6, 6.07) is 32.7. The van der Waals surface area contributed by atoms with Crippen molar-refractivity contribution in [2.45, 2.75) is 20.8 Å². The summed E-state index contributed by atoms with van der Waals surface area (Å²) in [6.45, 7) is 6.58. The first-order chi connectivity index (χ1) is 13.2. The van der Waals surface area contributed by atoms with Crippen LogP contribution in [0.3, 0.4) is 0 Å². The minimum Gasteiger partial charge on any atom is -0.0620 e. The first-order valence-electron chi connectivity index (χ1n) is 9.48. The lowest BCUT2D eigenvalue weighted by Crippen LogP contribution is -1.94. The lowest BCUT2D eigenvalue weighted by Gasteiger charge is -2.19. The standard InChI is InChI=1S/C27H24/c1-19-11-4-7-14-22(19)25-17-10-18-26(23-15-8-5-12-20(23)2)27(25)24-16-9-6-13-21(24)3/h4-18H,1-3H3. The second-order valence-corrected chi connectivity index (χ2v) is 7.17. The van der Waals surface area contributed by atoms with Gasteiger partial charge in [-0.05, 0) is 70.8 Å². The molecule has 0 aromatic heterocycles. The molecule has 0 saturated heterocycles. The third kappa shape index (κ3) is 3.19. The van der Waals surface area contributed by atoms with Crippen molar-refractivity contribution in [3.8, 4) is 33.4 Å². The first-order valence-corrected chi connectivity index (χ1v) is 9.48. The first kappa shape index (κ1) is 17.3. The largest absolute Gasteiger partial charge is 0.0620 e. The molecule has 0 bridgehead atoms. The van der Waals surface area contributed by atoms with Gasteiger partial charge >= 0.3 is 0 Å². The molecule has 0 radical (unpaired) electrons. The average molecular weight is 348 g/mol. The van der Waals surface area contributed by atoms with E-state index in [1.807, 2.05) is 0 Å². The predicted molar refractivity (Wildman–Crippen MR) is 117 cm³/mol. The second-order valence-electron chi connectivity index (χ2n) is 7.17. The zero-order valence-electron chi connectivity index (χ0n) is 16.2. The highest BCUT2D eigenvalue weighted by Crippen LogP contribution is 2.42. The van der Waals surface area contributed by atoms with Gasteiger partial charge in [0, 0.05) is 0 Å². The Bertz CT molecular complexity index is 1040. The van der Waals surface area contributed by atoms with Gasteiger partial charge in [-0.3, -0.25) is 0 Å². The van der Waals surface area contributed by atoms with Gasteiger partial charge in [-0.2, -0.15) is 0 Å². The SMILES string of the molecule is Cc1ccccc1-c1cccc(-c2ccccc2C)c1-c1ccccc1C. The Balaban J connectivity index is 2.10. The predicted octanol–water partition coefficient (Wildman–Crippen LogP) is 7.61. The van der Waals surface area contributed by atoms with Gasteiger partial charge < -0.3 is 0 Å². The normalized spacial score (nSPS) is 10.8. The third-order valence-corrected chi connectivity index (χ3v) is 5.35. The Morgan fingerprint density at radius 1 is 0.333 bits per heavy atom. The van der Waals surface area contributed by atoms with Gasteiger partial charge in [0.15, 0.2) is 0 Å². The molecule has 4 rings (SSSR count). The van der Waals surface area contributed by atoms with Crippen LogP contribution in [0.5, 0.6) is 0 Å². The van der Waals surface area contributed by atoms with Crippen molar-refractivity contribution < 1.29 is 0 Å². The second kappa shape index (κ2) is 7.25. The highest BCUT2D eigenvalue weighted by molar-refractivity contribution is 5.96. The molecule has 0 atom stereocenters. The smallest absolute Gasteiger partial charge is 0.00240 e. The van der Waals surface area contributed by atoms with E-state index in [-0.39, 0.29) is 0 Å². The highest BCUT2D eigenvalue weighted by atomic mass is 14.2. The van der Waals surface area contributed by atoms with E-state index in [0.717, 1.165) is 0 Å². The summed E-state index contributed by atoms with van der Waals surface area (Å²) >= 11 is 0. The Labute approximate surface area is 162 Å². The topological polar surface area (TPSA) is 0 Å². The molecular formula is C27H24. The molecule has 0 unspecified atom stereocenters. The van der Waals surface area contributed by atoms with E-state index >= 15 is 0 Å². The molecule has 4 aromatic carbocycles. The Hall–Kier alpha value is -3.12. The molecule has 4 aromatic rings. The number of benzene rings is 4. The molecule has 27 heavy (non-hydrogen) atoms.